The lowest BCUT2D eigenvalue weighted by Crippen LogP contribution is -2.28. The Hall–Kier alpha value is -0.940. The lowest BCUT2D eigenvalue weighted by Gasteiger charge is -2.46. The molecule has 0 aliphatic carbocycles. The first-order chi connectivity index (χ1) is 10.7. The minimum atomic E-state index is -1.13. The second kappa shape index (κ2) is 6.10. The average Bonchev–Trinajstić information content (AvgIpc) is 2.73. The predicted molar refractivity (Wildman–Crippen MR) is 109 cm³/mol. The van der Waals surface area contributed by atoms with E-state index >= 15 is 0 Å². The van der Waals surface area contributed by atoms with Gasteiger partial charge in [-0.15, -0.1) is 0 Å². The number of aromatic nitrogens is 1. The minimum Gasteiger partial charge on any atom is -0.456 e. The summed E-state index contributed by atoms with van der Waals surface area (Å²) in [4.78, 5) is 12.4. The topological polar surface area (TPSA) is 31.2 Å². The fourth-order valence-electron chi connectivity index (χ4n) is 2.29. The Morgan fingerprint density at radius 3 is 2.21 bits per heavy atom. The molecule has 0 saturated carbocycles. The Kier molecular flexibility index (Phi) is 4.92. The highest BCUT2D eigenvalue weighted by Gasteiger charge is 2.31. The first-order valence-corrected chi connectivity index (χ1v) is 11.2. The van der Waals surface area contributed by atoms with E-state index in [-0.39, 0.29) is 10.7 Å². The Morgan fingerprint density at radius 1 is 1.12 bits per heavy atom. The highest BCUT2D eigenvalue weighted by molar-refractivity contribution is 9.10. The van der Waals surface area contributed by atoms with Crippen molar-refractivity contribution in [3.63, 3.8) is 0 Å². The van der Waals surface area contributed by atoms with Gasteiger partial charge in [-0.05, 0) is 61.3 Å². The maximum absolute atomic E-state index is 12.4. The number of halogens is 1. The molecule has 0 N–H and O–H groups in total. The molecule has 1 aromatic carbocycles. The summed E-state index contributed by atoms with van der Waals surface area (Å²) in [6.45, 7) is 12.4. The normalized spacial score (nSPS) is 14.0. The number of carbonyl (C=O) groups is 1. The van der Waals surface area contributed by atoms with Gasteiger partial charge >= 0.3 is 5.97 Å². The number of hydrogen-bond donors (Lipinski definition) is 0. The first-order valence-electron chi connectivity index (χ1n) is 8.01. The molecule has 1 aromatic heterocycles. The third-order valence-corrected chi connectivity index (χ3v) is 9.26. The third-order valence-electron chi connectivity index (χ3n) is 4.35. The fourth-order valence-corrected chi connectivity index (χ4v) is 4.57. The van der Waals surface area contributed by atoms with Crippen LogP contribution in [0.1, 0.15) is 51.9 Å². The second-order valence-electron chi connectivity index (χ2n) is 8.42. The van der Waals surface area contributed by atoms with Crippen molar-refractivity contribution >= 4 is 43.0 Å². The summed E-state index contributed by atoms with van der Waals surface area (Å²) in [5.41, 5.74) is 1.17. The van der Waals surface area contributed by atoms with E-state index in [1.807, 2.05) is 39.0 Å². The molecule has 0 bridgehead atoms. The van der Waals surface area contributed by atoms with Crippen LogP contribution in [0.25, 0.3) is 10.9 Å². The molecule has 0 aliphatic heterocycles. The van der Waals surface area contributed by atoms with Gasteiger partial charge in [0.15, 0.2) is 0 Å². The van der Waals surface area contributed by atoms with Crippen LogP contribution >= 0.6 is 26.1 Å². The van der Waals surface area contributed by atoms with Gasteiger partial charge in [-0.1, -0.05) is 26.8 Å². The first kappa shape index (κ1) is 19.4. The van der Waals surface area contributed by atoms with Gasteiger partial charge < -0.3 is 8.71 Å². The van der Waals surface area contributed by atoms with Crippen molar-refractivity contribution in [2.45, 2.75) is 51.9 Å². The number of ether oxygens (including phenoxy) is 1. The van der Waals surface area contributed by atoms with Crippen LogP contribution in [0.2, 0.25) is 0 Å². The number of carbonyl (C=O) groups excluding carboxylic acids is 1. The van der Waals surface area contributed by atoms with Gasteiger partial charge in [-0.25, -0.2) is 4.79 Å². The van der Waals surface area contributed by atoms with Crippen molar-refractivity contribution < 1.29 is 9.53 Å². The molecule has 0 fully saturated rings. The molecule has 0 atom stereocenters. The summed E-state index contributed by atoms with van der Waals surface area (Å²) in [5.74, 6) is -0.281. The van der Waals surface area contributed by atoms with E-state index < -0.39 is 15.8 Å². The quantitative estimate of drug-likeness (QED) is 0.566. The van der Waals surface area contributed by atoms with Gasteiger partial charge in [0.25, 0.3) is 0 Å². The van der Waals surface area contributed by atoms with Gasteiger partial charge in [-0.3, -0.25) is 0 Å². The van der Waals surface area contributed by atoms with Crippen LogP contribution in [0, 0.1) is 0 Å². The number of benzene rings is 1. The molecule has 0 aliphatic rings. The van der Waals surface area contributed by atoms with Crippen molar-refractivity contribution in [2.75, 3.05) is 12.5 Å². The molecule has 0 unspecified atom stereocenters. The highest BCUT2D eigenvalue weighted by Crippen LogP contribution is 2.56. The third kappa shape index (κ3) is 3.67. The van der Waals surface area contributed by atoms with Crippen LogP contribution in [-0.4, -0.2) is 32.8 Å². The van der Waals surface area contributed by atoms with E-state index in [4.69, 9.17) is 4.74 Å². The van der Waals surface area contributed by atoms with Gasteiger partial charge in [0.2, 0.25) is 0 Å². The molecule has 0 spiro atoms. The molecule has 0 amide bonds. The molecule has 3 nitrogen and oxygen atoms in total. The summed E-state index contributed by atoms with van der Waals surface area (Å²) < 4.78 is 9.05. The number of esters is 1. The summed E-state index contributed by atoms with van der Waals surface area (Å²) >= 11 is 3.66. The van der Waals surface area contributed by atoms with E-state index in [2.05, 4.69) is 59.4 Å². The van der Waals surface area contributed by atoms with Crippen LogP contribution in [0.5, 0.6) is 0 Å². The molecule has 5 heteroatoms. The van der Waals surface area contributed by atoms with Crippen molar-refractivity contribution in [3.8, 4) is 0 Å². The molecule has 1 heterocycles. The summed E-state index contributed by atoms with van der Waals surface area (Å²) in [6, 6.07) is 5.78. The minimum absolute atomic E-state index is 0.139. The van der Waals surface area contributed by atoms with Gasteiger partial charge in [0, 0.05) is 20.8 Å². The Balaban J connectivity index is 2.60. The van der Waals surface area contributed by atoms with E-state index in [1.54, 1.807) is 0 Å². The molecule has 0 saturated heterocycles. The molecule has 134 valence electrons. The van der Waals surface area contributed by atoms with Crippen LogP contribution in [-0.2, 0) is 4.74 Å². The Bertz CT molecular complexity index is 779. The predicted octanol–water partition coefficient (Wildman–Crippen LogP) is 5.98. The maximum atomic E-state index is 12.4. The van der Waals surface area contributed by atoms with Gasteiger partial charge in [-0.2, -0.15) is 10.2 Å². The second-order valence-corrected chi connectivity index (χ2v) is 13.4. The molecule has 0 radical (unpaired) electrons. The Labute approximate surface area is 155 Å². The molecule has 2 aromatic rings. The van der Waals surface area contributed by atoms with Crippen LogP contribution in [0.3, 0.4) is 0 Å². The van der Waals surface area contributed by atoms with E-state index in [1.165, 1.54) is 0 Å². The van der Waals surface area contributed by atoms with Crippen LogP contribution < -0.4 is 0 Å². The average molecular weight is 414 g/mol. The maximum Gasteiger partial charge on any atom is 0.338 e. The number of rotatable bonds is 2. The van der Waals surface area contributed by atoms with Gasteiger partial charge in [0.1, 0.15) is 5.60 Å². The summed E-state index contributed by atoms with van der Waals surface area (Å²) in [5, 5.41) is 1.12. The van der Waals surface area contributed by atoms with Crippen molar-refractivity contribution in [3.05, 3.63) is 34.4 Å². The zero-order valence-electron chi connectivity index (χ0n) is 15.9. The van der Waals surface area contributed by atoms with Gasteiger partial charge in [0.05, 0.1) is 11.1 Å². The number of fused-ring (bicyclic) bond motifs is 1. The lowest BCUT2D eigenvalue weighted by atomic mass is 10.1. The summed E-state index contributed by atoms with van der Waals surface area (Å²) in [7, 11) is -1.13. The van der Waals surface area contributed by atoms with Crippen LogP contribution in [0.15, 0.2) is 28.9 Å². The van der Waals surface area contributed by atoms with Crippen LogP contribution in [0.4, 0.5) is 0 Å². The van der Waals surface area contributed by atoms with Crippen molar-refractivity contribution in [2.24, 2.45) is 0 Å². The SMILES string of the molecule is CC(C)(C)OC(=O)c1ccc2c(Br)cn(S(C)(C)C(C)(C)C)c2c1. The monoisotopic (exact) mass is 413 g/mol. The van der Waals surface area contributed by atoms with E-state index in [0.29, 0.717) is 5.56 Å². The zero-order chi connectivity index (χ0) is 18.5. The lowest BCUT2D eigenvalue weighted by molar-refractivity contribution is 0.00697. The van der Waals surface area contributed by atoms with E-state index in [9.17, 15) is 4.79 Å². The fraction of sp³-hybridized carbons (Fsp3) is 0.526. The number of nitrogens with zero attached hydrogens (tertiary/aromatic N) is 1. The van der Waals surface area contributed by atoms with Crippen molar-refractivity contribution in [1.82, 2.24) is 3.97 Å². The Morgan fingerprint density at radius 2 is 1.71 bits per heavy atom. The van der Waals surface area contributed by atoms with E-state index in [0.717, 1.165) is 15.4 Å². The number of hydrogen-bond acceptors (Lipinski definition) is 2. The molecule has 24 heavy (non-hydrogen) atoms. The molecular weight excluding hydrogens is 386 g/mol. The highest BCUT2D eigenvalue weighted by atomic mass is 79.9. The standard InChI is InChI=1S/C19H28BrNO2S/c1-18(2,3)23-17(22)13-9-10-14-15(20)12-21(16(14)11-13)24(7,8)19(4,5)6/h9-12H,1-8H3. The molecule has 2 rings (SSSR count). The summed E-state index contributed by atoms with van der Waals surface area (Å²) in [6.07, 6.45) is 6.75. The zero-order valence-corrected chi connectivity index (χ0v) is 18.3. The largest absolute Gasteiger partial charge is 0.456 e. The smallest absolute Gasteiger partial charge is 0.338 e. The molecular formula is C19H28BrNO2S. The van der Waals surface area contributed by atoms with Crippen molar-refractivity contribution in [1.29, 1.82) is 0 Å².